The molecule has 0 aliphatic rings. The van der Waals surface area contributed by atoms with Crippen LogP contribution < -0.4 is 0 Å². The predicted molar refractivity (Wildman–Crippen MR) is 63.1 cm³/mol. The molecule has 2 nitrogen and oxygen atoms in total. The third-order valence-electron chi connectivity index (χ3n) is 2.53. The summed E-state index contributed by atoms with van der Waals surface area (Å²) >= 11 is 0.454. The van der Waals surface area contributed by atoms with Crippen LogP contribution in [0.15, 0.2) is 41.3 Å². The van der Waals surface area contributed by atoms with Crippen molar-refractivity contribution in [2.45, 2.75) is 0 Å². The van der Waals surface area contributed by atoms with Crippen LogP contribution in [-0.2, 0) is 7.05 Å². The van der Waals surface area contributed by atoms with Gasteiger partial charge >= 0.3 is 93.7 Å². The average Bonchev–Trinajstić information content (AvgIpc) is 2.87. The fourth-order valence-corrected chi connectivity index (χ4v) is 3.34. The van der Waals surface area contributed by atoms with E-state index in [1.54, 1.807) is 0 Å². The van der Waals surface area contributed by atoms with Gasteiger partial charge in [-0.25, -0.2) is 0 Å². The molecule has 0 saturated heterocycles. The van der Waals surface area contributed by atoms with Crippen LogP contribution in [0.25, 0.3) is 21.3 Å². The number of para-hydroxylation sites is 2. The standard InChI is InChI=1S/C12H10N2Se/c1-14-10-6-3-2-5-9(10)13-12(14)11-7-4-8-15-11/h2-8H,1H3. The van der Waals surface area contributed by atoms with Gasteiger partial charge in [0.1, 0.15) is 0 Å². The van der Waals surface area contributed by atoms with Crippen molar-refractivity contribution in [1.82, 2.24) is 9.55 Å². The van der Waals surface area contributed by atoms with E-state index in [9.17, 15) is 0 Å². The molecule has 0 radical (unpaired) electrons. The number of hydrogen-bond donors (Lipinski definition) is 0. The quantitative estimate of drug-likeness (QED) is 0.614. The average molecular weight is 261 g/mol. The molecule has 3 heteroatoms. The van der Waals surface area contributed by atoms with Crippen LogP contribution in [-0.4, -0.2) is 24.1 Å². The van der Waals surface area contributed by atoms with Gasteiger partial charge in [-0.2, -0.15) is 0 Å². The Balaban J connectivity index is 2.33. The topological polar surface area (TPSA) is 17.8 Å². The fourth-order valence-electron chi connectivity index (χ4n) is 1.77. The zero-order valence-electron chi connectivity index (χ0n) is 8.34. The van der Waals surface area contributed by atoms with E-state index in [0.717, 1.165) is 11.3 Å². The molecule has 15 heavy (non-hydrogen) atoms. The minimum absolute atomic E-state index is 0.454. The number of imidazole rings is 1. The monoisotopic (exact) mass is 262 g/mol. The Hall–Kier alpha value is -1.31. The first-order valence-corrected chi connectivity index (χ1v) is 6.66. The van der Waals surface area contributed by atoms with Crippen LogP contribution in [0, 0.1) is 0 Å². The number of aromatic nitrogens is 2. The third kappa shape index (κ3) is 1.36. The Kier molecular flexibility index (Phi) is 2.01. The van der Waals surface area contributed by atoms with Gasteiger partial charge in [-0.3, -0.25) is 0 Å². The van der Waals surface area contributed by atoms with Crippen LogP contribution in [0.2, 0.25) is 0 Å². The summed E-state index contributed by atoms with van der Waals surface area (Å²) in [6.45, 7) is 0. The van der Waals surface area contributed by atoms with Crippen molar-refractivity contribution >= 4 is 25.5 Å². The number of aryl methyl sites for hydroxylation is 1. The van der Waals surface area contributed by atoms with Gasteiger partial charge in [0.2, 0.25) is 0 Å². The van der Waals surface area contributed by atoms with Crippen molar-refractivity contribution in [1.29, 1.82) is 0 Å². The van der Waals surface area contributed by atoms with Gasteiger partial charge in [-0.15, -0.1) is 0 Å². The normalized spacial score (nSPS) is 11.0. The van der Waals surface area contributed by atoms with Crippen molar-refractivity contribution in [3.8, 4) is 10.3 Å². The Morgan fingerprint density at radius 1 is 1.13 bits per heavy atom. The van der Waals surface area contributed by atoms with E-state index < -0.39 is 0 Å². The summed E-state index contributed by atoms with van der Waals surface area (Å²) in [5, 5.41) is 0. The van der Waals surface area contributed by atoms with Gasteiger partial charge < -0.3 is 0 Å². The number of rotatable bonds is 1. The Morgan fingerprint density at radius 3 is 2.73 bits per heavy atom. The van der Waals surface area contributed by atoms with Crippen molar-refractivity contribution in [2.75, 3.05) is 0 Å². The minimum atomic E-state index is 0.454. The molecule has 0 amide bonds. The molecule has 0 N–H and O–H groups in total. The van der Waals surface area contributed by atoms with Crippen molar-refractivity contribution in [3.05, 3.63) is 41.3 Å². The summed E-state index contributed by atoms with van der Waals surface area (Å²) in [6.07, 6.45) is 0. The van der Waals surface area contributed by atoms with Gasteiger partial charge in [-0.1, -0.05) is 0 Å². The molecule has 2 heterocycles. The van der Waals surface area contributed by atoms with Crippen LogP contribution in [0.3, 0.4) is 0 Å². The fraction of sp³-hybridized carbons (Fsp3) is 0.0833. The maximum atomic E-state index is 4.66. The molecule has 0 saturated carbocycles. The van der Waals surface area contributed by atoms with E-state index in [2.05, 4.69) is 51.9 Å². The molecule has 0 aliphatic carbocycles. The summed E-state index contributed by atoms with van der Waals surface area (Å²) in [6, 6.07) is 12.6. The first-order valence-electron chi connectivity index (χ1n) is 4.81. The van der Waals surface area contributed by atoms with Gasteiger partial charge in [0.05, 0.1) is 0 Å². The summed E-state index contributed by atoms with van der Waals surface area (Å²) in [7, 11) is 2.08. The van der Waals surface area contributed by atoms with Crippen molar-refractivity contribution in [3.63, 3.8) is 0 Å². The summed E-state index contributed by atoms with van der Waals surface area (Å²) in [4.78, 5) is 6.89. The summed E-state index contributed by atoms with van der Waals surface area (Å²) < 4.78 is 3.54. The third-order valence-corrected chi connectivity index (χ3v) is 4.35. The molecule has 0 fully saturated rings. The molecule has 3 aromatic rings. The molecular weight excluding hydrogens is 251 g/mol. The number of nitrogens with zero attached hydrogens (tertiary/aromatic N) is 2. The van der Waals surface area contributed by atoms with E-state index in [0.29, 0.717) is 14.5 Å². The second-order valence-corrected chi connectivity index (χ2v) is 5.45. The number of hydrogen-bond acceptors (Lipinski definition) is 1. The molecule has 3 rings (SSSR count). The summed E-state index contributed by atoms with van der Waals surface area (Å²) in [5.41, 5.74) is 2.29. The molecule has 0 spiro atoms. The van der Waals surface area contributed by atoms with Gasteiger partial charge in [-0.05, 0) is 0 Å². The van der Waals surface area contributed by atoms with Crippen molar-refractivity contribution < 1.29 is 0 Å². The molecular formula is C12H10N2Se. The molecule has 2 aromatic heterocycles. The number of fused-ring (bicyclic) bond motifs is 1. The van der Waals surface area contributed by atoms with E-state index in [1.165, 1.54) is 9.95 Å². The van der Waals surface area contributed by atoms with E-state index in [-0.39, 0.29) is 0 Å². The first kappa shape index (κ1) is 8.95. The van der Waals surface area contributed by atoms with Crippen LogP contribution in [0.4, 0.5) is 0 Å². The molecule has 74 valence electrons. The number of benzene rings is 1. The Labute approximate surface area is 93.9 Å². The van der Waals surface area contributed by atoms with Gasteiger partial charge in [0.15, 0.2) is 0 Å². The summed E-state index contributed by atoms with van der Waals surface area (Å²) in [5.74, 6) is 1.11. The van der Waals surface area contributed by atoms with E-state index in [4.69, 9.17) is 0 Å². The van der Waals surface area contributed by atoms with Gasteiger partial charge in [0.25, 0.3) is 0 Å². The van der Waals surface area contributed by atoms with E-state index >= 15 is 0 Å². The van der Waals surface area contributed by atoms with Crippen LogP contribution in [0.1, 0.15) is 0 Å². The second-order valence-electron chi connectivity index (χ2n) is 3.46. The molecule has 0 aliphatic heterocycles. The van der Waals surface area contributed by atoms with Crippen molar-refractivity contribution in [2.24, 2.45) is 7.05 Å². The first-order chi connectivity index (χ1) is 7.36. The zero-order chi connectivity index (χ0) is 10.3. The van der Waals surface area contributed by atoms with Gasteiger partial charge in [0, 0.05) is 0 Å². The van der Waals surface area contributed by atoms with Crippen LogP contribution >= 0.6 is 0 Å². The van der Waals surface area contributed by atoms with E-state index in [1.807, 2.05) is 6.07 Å². The second kappa shape index (κ2) is 3.37. The molecule has 0 atom stereocenters. The van der Waals surface area contributed by atoms with Crippen LogP contribution in [0.5, 0.6) is 0 Å². The molecule has 1 aromatic carbocycles. The maximum absolute atomic E-state index is 4.66. The molecule has 0 bridgehead atoms. The Morgan fingerprint density at radius 2 is 2.00 bits per heavy atom. The predicted octanol–water partition coefficient (Wildman–Crippen LogP) is 2.30. The Bertz CT molecular complexity index is 593. The zero-order valence-corrected chi connectivity index (χ0v) is 10.1. The molecule has 0 unspecified atom stereocenters. The SMILES string of the molecule is Cn1c(-c2ccc[se]2)nc2ccccc21.